The van der Waals surface area contributed by atoms with Crippen molar-refractivity contribution in [3.63, 3.8) is 0 Å². The summed E-state index contributed by atoms with van der Waals surface area (Å²) in [5, 5.41) is 0. The molecule has 0 aliphatic rings. The van der Waals surface area contributed by atoms with Crippen LogP contribution in [-0.2, 0) is 19.3 Å². The zero-order valence-electron chi connectivity index (χ0n) is 86.6. The predicted molar refractivity (Wildman–Crippen MR) is 532 cm³/mol. The molecule has 0 saturated heterocycles. The summed E-state index contributed by atoms with van der Waals surface area (Å²) in [5.41, 5.74) is 33.6. The fourth-order valence-electron chi connectivity index (χ4n) is 20.1. The van der Waals surface area contributed by atoms with Crippen LogP contribution in [-0.4, -0.2) is 83.7 Å². The molecule has 0 aliphatic carbocycles. The quantitative estimate of drug-likeness (QED) is 0.106. The third-order valence-corrected chi connectivity index (χ3v) is 25.7. The molecule has 18 nitrogen and oxygen atoms in total. The van der Waals surface area contributed by atoms with Gasteiger partial charge in [0.2, 0.25) is 34.7 Å². The monoisotopic (exact) mass is 1700 g/mol. The van der Waals surface area contributed by atoms with E-state index >= 15 is 0 Å². The number of imidazole rings is 12. The highest BCUT2D eigenvalue weighted by Crippen LogP contribution is 2.41. The second kappa shape index (κ2) is 29.8. The molecule has 2 atom stereocenters. The molecule has 12 aromatic heterocycles. The van der Waals surface area contributed by atoms with Crippen LogP contribution in [0.2, 0.25) is 0 Å². The molecule has 18 heteroatoms. The number of hydrogen-bond acceptors (Lipinski definition) is 6. The van der Waals surface area contributed by atoms with Gasteiger partial charge < -0.3 is 0 Å². The molecule has 2 unspecified atom stereocenters. The van der Waals surface area contributed by atoms with E-state index in [0.29, 0.717) is 39.2 Å². The van der Waals surface area contributed by atoms with Crippen molar-refractivity contribution in [1.29, 1.82) is 0 Å². The lowest BCUT2D eigenvalue weighted by Crippen LogP contribution is -2.00. The van der Waals surface area contributed by atoms with Crippen LogP contribution in [0.3, 0.4) is 0 Å². The Hall–Kier alpha value is -16.1. The molecule has 0 bridgehead atoms. The molecule has 27 aromatic rings. The van der Waals surface area contributed by atoms with E-state index in [2.05, 4.69) is 269 Å². The molecule has 630 valence electrons. The summed E-state index contributed by atoms with van der Waals surface area (Å²) in [7, 11) is 0. The zero-order valence-corrected chi connectivity index (χ0v) is 71.6. The van der Waals surface area contributed by atoms with E-state index < -0.39 is 51.5 Å². The van der Waals surface area contributed by atoms with Gasteiger partial charge >= 0.3 is 0 Å². The van der Waals surface area contributed by atoms with Gasteiger partial charge in [-0.15, -0.1) is 0 Å². The lowest BCUT2D eigenvalue weighted by Gasteiger charge is -2.10. The largest absolute Gasteiger partial charge is 0.278 e. The smallest absolute Gasteiger partial charge is 0.220 e. The highest BCUT2D eigenvalue weighted by atomic mass is 15.3. The Balaban J connectivity index is 0.000000114. The minimum Gasteiger partial charge on any atom is -0.278 e. The van der Waals surface area contributed by atoms with Gasteiger partial charge in [0, 0.05) is 20.6 Å². The van der Waals surface area contributed by atoms with Crippen molar-refractivity contribution in [3.05, 3.63) is 361 Å². The molecule has 130 heavy (non-hydrogen) atoms. The number of fused-ring (bicyclic) bond motifs is 30. The van der Waals surface area contributed by atoms with E-state index in [4.69, 9.17) is 50.5 Å². The first-order valence-electron chi connectivity index (χ1n) is 51.2. The van der Waals surface area contributed by atoms with E-state index in [0.717, 1.165) is 202 Å². The number of nitrogens with zero attached hydrogens (tertiary/aromatic N) is 18. The van der Waals surface area contributed by atoms with Crippen LogP contribution in [0.15, 0.2) is 328 Å². The highest BCUT2D eigenvalue weighted by molar-refractivity contribution is 6.01. The topological polar surface area (TPSA) is 133 Å². The first kappa shape index (κ1) is 62.1. The molecule has 0 amide bonds. The Bertz CT molecular complexity index is 10000. The van der Waals surface area contributed by atoms with Gasteiger partial charge in [-0.1, -0.05) is 205 Å². The molecule has 0 aliphatic heterocycles. The number of rotatable bonds is 14. The molecule has 0 saturated carbocycles. The van der Waals surface area contributed by atoms with Crippen LogP contribution < -0.4 is 0 Å². The summed E-state index contributed by atoms with van der Waals surface area (Å²) >= 11 is 0. The summed E-state index contributed by atoms with van der Waals surface area (Å²) in [6, 6.07) is 110. The van der Waals surface area contributed by atoms with Gasteiger partial charge in [0.25, 0.3) is 0 Å². The standard InChI is InChI=1S/C38H32N6.2C37H30N6/c1-24(2)21-22-26-12-9-20-34-36(26)40-38-42(30-16-5-7-18-32(30)44(34)38)28-14-10-13-27(23-28)41-29-15-4-6-17-31(29)43-33-19-8-11-25(3)35(33)39-37(41)43;1-23(2)21-25-12-9-20-33-35(25)39-37-41(29-16-5-7-18-31(29)43(33)37)27-14-10-13-26(22-27)40-28-15-4-6-17-30(28)42-32-19-8-11-24(3)34(32)38-36(40)42;1-3-4-13-25-14-10-22-33-35(25)39-37-41(29-18-6-8-20-31(29)43(33)37)27-16-11-15-26(23-27)40-28-17-5-7-19-30(28)42-32-21-9-12-24(2)34(32)38-36(40)42/h4-20,23-24H,21-22H2,1-3H3;4-20,22-23H,21H2,1-3H3;5-12,14-23H,3-4,13H2,1-2H3/i1D3,21D2,24D;1D3,23D;1D3,4D2. The van der Waals surface area contributed by atoms with Gasteiger partial charge in [-0.3, -0.25) is 53.8 Å². The van der Waals surface area contributed by atoms with Gasteiger partial charge in [-0.2, -0.15) is 0 Å². The summed E-state index contributed by atoms with van der Waals surface area (Å²) in [5.74, 6) is 0.577. The molecule has 0 spiro atoms. The lowest BCUT2D eigenvalue weighted by molar-refractivity contribution is 0.588. The second-order valence-electron chi connectivity index (χ2n) is 33.7. The number of aryl methyl sites for hydroxylation is 5. The molecular formula is C112H92N18. The molecule has 15 aromatic carbocycles. The maximum atomic E-state index is 8.73. The van der Waals surface area contributed by atoms with E-state index in [1.54, 1.807) is 6.07 Å². The minimum absolute atomic E-state index is 0.0504. The average Bonchev–Trinajstić information content (AvgIpc) is 1.55. The molecule has 12 heterocycles. The molecule has 27 rings (SSSR count). The van der Waals surface area contributed by atoms with Gasteiger partial charge in [0.15, 0.2) is 0 Å². The van der Waals surface area contributed by atoms with Gasteiger partial charge in [0.1, 0.15) is 0 Å². The van der Waals surface area contributed by atoms with Crippen molar-refractivity contribution in [3.8, 4) is 34.1 Å². The van der Waals surface area contributed by atoms with Gasteiger partial charge in [0.05, 0.1) is 167 Å². The molecule has 0 radical (unpaired) electrons. The Morgan fingerprint density at radius 2 is 0.485 bits per heavy atom. The highest BCUT2D eigenvalue weighted by Gasteiger charge is 2.28. The Labute approximate surface area is 768 Å². The summed E-state index contributed by atoms with van der Waals surface area (Å²) in [4.78, 5) is 30.9. The van der Waals surface area contributed by atoms with Crippen molar-refractivity contribution < 1.29 is 20.6 Å². The number of benzene rings is 15. The van der Waals surface area contributed by atoms with Crippen molar-refractivity contribution in [2.45, 2.75) is 93.6 Å². The van der Waals surface area contributed by atoms with Crippen molar-refractivity contribution >= 4 is 167 Å². The lowest BCUT2D eigenvalue weighted by atomic mass is 10.0. The molecule has 0 N–H and O–H groups in total. The zero-order chi connectivity index (χ0) is 99.9. The maximum Gasteiger partial charge on any atom is 0.220 e. The van der Waals surface area contributed by atoms with E-state index in [1.807, 2.05) is 127 Å². The fraction of sp³-hybridized carbons (Fsp3) is 0.143. The van der Waals surface area contributed by atoms with E-state index in [9.17, 15) is 0 Å². The third kappa shape index (κ3) is 11.6. The van der Waals surface area contributed by atoms with Crippen LogP contribution in [0.4, 0.5) is 0 Å². The van der Waals surface area contributed by atoms with Crippen LogP contribution >= 0.6 is 0 Å². The van der Waals surface area contributed by atoms with Gasteiger partial charge in [-0.05, 0) is 262 Å². The Kier molecular flexibility index (Phi) is 14.2. The normalized spacial score (nSPS) is 15.4. The number of aromatic nitrogens is 18. The third-order valence-electron chi connectivity index (χ3n) is 25.7. The Morgan fingerprint density at radius 3 is 0.769 bits per heavy atom. The minimum atomic E-state index is -2.81. The first-order valence-corrected chi connectivity index (χ1v) is 43.7. The van der Waals surface area contributed by atoms with Crippen LogP contribution in [0.1, 0.15) is 108 Å². The Morgan fingerprint density at radius 1 is 0.254 bits per heavy atom. The van der Waals surface area contributed by atoms with E-state index in [-0.39, 0.29) is 19.3 Å². The maximum absolute atomic E-state index is 8.73. The summed E-state index contributed by atoms with van der Waals surface area (Å²) < 4.78 is 148. The average molecular weight is 1710 g/mol. The van der Waals surface area contributed by atoms with Crippen molar-refractivity contribution in [2.24, 2.45) is 11.8 Å². The molecule has 0 fully saturated rings. The van der Waals surface area contributed by atoms with Crippen LogP contribution in [0.5, 0.6) is 0 Å². The molecular weight excluding hydrogens is 1600 g/mol. The van der Waals surface area contributed by atoms with Crippen molar-refractivity contribution in [1.82, 2.24) is 83.7 Å². The van der Waals surface area contributed by atoms with Crippen LogP contribution in [0.25, 0.3) is 201 Å². The summed E-state index contributed by atoms with van der Waals surface area (Å²) in [6.45, 7) is 1.28. The SMILES string of the molecule is [2H]C([2H])([2H])C([2H])(C)C([2H])([2H])Cc1cccc2c1nc1n(-c3cccc(-n4c5ccccc5n5c6cccc(C)c6nc45)c3)c3ccccc3n21.[2H]C([2H])([2H])C([2H])(C)Cc1cccc2c1nc1n(-c3cccc(-n4c5ccccc5n5c6cccc(C)c6nc45)c3)c3ccccc3n21.[2H]C([2H])([2H])CC([2H])([2H])Cc1cccc2c1nc1n(-c3cccc(-n4c5ccccc5n5c6cccc(C)c6nc45)c3)c3ccccc3n21. The van der Waals surface area contributed by atoms with Crippen molar-refractivity contribution in [2.75, 3.05) is 0 Å². The van der Waals surface area contributed by atoms with E-state index in [1.165, 1.54) is 6.92 Å². The fourth-order valence-corrected chi connectivity index (χ4v) is 20.1. The second-order valence-corrected chi connectivity index (χ2v) is 33.7. The first-order chi connectivity index (χ1) is 69.6. The van der Waals surface area contributed by atoms with Gasteiger partial charge in [-0.25, -0.2) is 29.9 Å². The predicted octanol–water partition coefficient (Wildman–Crippen LogP) is 26.6. The summed E-state index contributed by atoms with van der Waals surface area (Å²) in [6.07, 6.45) is -5.06. The number of para-hydroxylation sites is 18. The number of hydrogen-bond donors (Lipinski definition) is 0. The van der Waals surface area contributed by atoms with Crippen LogP contribution in [0, 0.1) is 32.6 Å².